The van der Waals surface area contributed by atoms with Gasteiger partial charge in [-0.2, -0.15) is 12.1 Å². The van der Waals surface area contributed by atoms with Crippen LogP contribution in [0.15, 0.2) is 109 Å². The summed E-state index contributed by atoms with van der Waals surface area (Å²) in [5.74, 6) is 1.81. The molecule has 6 aromatic carbocycles. The van der Waals surface area contributed by atoms with E-state index in [1.807, 2.05) is 0 Å². The van der Waals surface area contributed by atoms with Gasteiger partial charge < -0.3 is 24.8 Å². The summed E-state index contributed by atoms with van der Waals surface area (Å²) < 4.78 is 0. The van der Waals surface area contributed by atoms with Crippen molar-refractivity contribution in [2.24, 2.45) is 11.8 Å². The van der Waals surface area contributed by atoms with Crippen LogP contribution in [0.4, 0.5) is 0 Å². The van der Waals surface area contributed by atoms with E-state index in [9.17, 15) is 0 Å². The maximum atomic E-state index is 2.46. The molecular formula is C54H72Cl2Si3Zr-2. The average molecular weight is 968 g/mol. The van der Waals surface area contributed by atoms with Crippen molar-refractivity contribution in [1.29, 1.82) is 0 Å². The normalized spacial score (nSPS) is 15.0. The minimum Gasteiger partial charge on any atom is -1.00 e. The monoisotopic (exact) mass is 964 g/mol. The van der Waals surface area contributed by atoms with Crippen LogP contribution < -0.4 is 35.2 Å². The first-order valence-corrected chi connectivity index (χ1v) is 35.8. The second-order valence-corrected chi connectivity index (χ2v) is 38.5. The topological polar surface area (TPSA) is 0 Å². The van der Waals surface area contributed by atoms with Gasteiger partial charge in [-0.3, -0.25) is 0 Å². The molecule has 6 aromatic rings. The maximum absolute atomic E-state index is 2.46. The Morgan fingerprint density at radius 3 is 1.22 bits per heavy atom. The maximum Gasteiger partial charge on any atom is 0.0775 e. The fourth-order valence-electron chi connectivity index (χ4n) is 9.46. The zero-order valence-electron chi connectivity index (χ0n) is 38.2. The number of fused-ring (bicyclic) bond motifs is 2. The molecule has 0 aromatic heterocycles. The fraction of sp³-hybridized carbons (Fsp3) is 0.444. The van der Waals surface area contributed by atoms with Crippen molar-refractivity contribution in [2.45, 2.75) is 142 Å². The van der Waals surface area contributed by atoms with Gasteiger partial charge >= 0.3 is 54.7 Å². The van der Waals surface area contributed by atoms with Gasteiger partial charge in [-0.1, -0.05) is 186 Å². The van der Waals surface area contributed by atoms with Crippen LogP contribution in [0.5, 0.6) is 0 Å². The molecule has 0 unspecified atom stereocenters. The molecular weight excluding hydrogens is 895 g/mol. The second kappa shape index (κ2) is 23.8. The first kappa shape index (κ1) is 50.9. The van der Waals surface area contributed by atoms with Gasteiger partial charge in [0, 0.05) is 0 Å². The van der Waals surface area contributed by atoms with E-state index in [4.69, 9.17) is 0 Å². The van der Waals surface area contributed by atoms with Gasteiger partial charge in [-0.15, -0.1) is 69.1 Å². The first-order chi connectivity index (χ1) is 27.8. The van der Waals surface area contributed by atoms with E-state index < -0.39 is 16.1 Å². The minimum absolute atomic E-state index is 0. The third-order valence-electron chi connectivity index (χ3n) is 12.9. The van der Waals surface area contributed by atoms with Crippen LogP contribution in [-0.4, -0.2) is 21.6 Å². The van der Waals surface area contributed by atoms with Crippen LogP contribution in [-0.2, 0) is 36.2 Å². The summed E-state index contributed by atoms with van der Waals surface area (Å²) in [6.45, 7) is 19.1. The minimum atomic E-state index is -1.23. The van der Waals surface area contributed by atoms with Gasteiger partial charge in [0.25, 0.3) is 0 Å². The molecule has 0 aliphatic heterocycles. The Kier molecular flexibility index (Phi) is 20.1. The Hall–Kier alpha value is -1.79. The molecule has 8 rings (SSSR count). The van der Waals surface area contributed by atoms with Crippen LogP contribution in [0.25, 0.3) is 43.8 Å². The van der Waals surface area contributed by atoms with E-state index in [1.54, 1.807) is 23.3 Å². The molecule has 0 N–H and O–H groups in total. The largest absolute Gasteiger partial charge is 1.00 e. The number of hydrogen-bond donors (Lipinski definition) is 0. The smallest absolute Gasteiger partial charge is 0.0775 e. The molecule has 0 atom stereocenters. The Balaban J connectivity index is 0.000000227. The Labute approximate surface area is 395 Å². The number of hydrogen-bond acceptors (Lipinski definition) is 0. The fourth-order valence-corrected chi connectivity index (χ4v) is 14.4. The molecule has 0 nitrogen and oxygen atoms in total. The van der Waals surface area contributed by atoms with Gasteiger partial charge in [0.2, 0.25) is 0 Å². The van der Waals surface area contributed by atoms with Gasteiger partial charge in [0.1, 0.15) is 0 Å². The van der Waals surface area contributed by atoms with Gasteiger partial charge in [0.05, 0.1) is 16.1 Å². The Morgan fingerprint density at radius 1 is 0.550 bits per heavy atom. The SMILES string of the molecule is CCC[Si](C)=[Zr+2].C[Si](C)(C)c1ccc(-c2cccc3[cH-]c(CC4CCCCC4)cc23)cc1.C[Si](C)(C)c1ccc(-c2cccc3[cH-]c(CC4CCCCC4)cc23)cc1.[Cl-].[Cl-]. The van der Waals surface area contributed by atoms with Crippen LogP contribution in [0.1, 0.15) is 88.7 Å². The summed E-state index contributed by atoms with van der Waals surface area (Å²) >= 11 is 1.79. The third-order valence-corrected chi connectivity index (χ3v) is 20.1. The third kappa shape index (κ3) is 14.4. The standard InChI is InChI=1S/2C25H31Si.C4H10Si.2ClH.Zr/c2*1-26(2,3)23-14-12-21(13-15-23)24-11-7-10-22-17-20(18-25(22)24)16-19-8-5-4-6-9-19;1-3-4-5-2;;;/h2*7,10-15,17-19H,4-6,8-9,16H2,1-3H3;3-4H2,1-2H3;2*1H;/q2*-1;;;;+2/p-2. The Bertz CT molecular complexity index is 2050. The van der Waals surface area contributed by atoms with E-state index in [0.717, 1.165) is 11.8 Å². The van der Waals surface area contributed by atoms with Crippen molar-refractivity contribution >= 4 is 53.5 Å². The summed E-state index contributed by atoms with van der Waals surface area (Å²) in [4.78, 5) is 0. The van der Waals surface area contributed by atoms with Crippen molar-refractivity contribution in [3.63, 3.8) is 0 Å². The van der Waals surface area contributed by atoms with Crippen molar-refractivity contribution < 1.29 is 48.1 Å². The van der Waals surface area contributed by atoms with E-state index in [-0.39, 0.29) is 30.2 Å². The molecule has 0 bridgehead atoms. The summed E-state index contributed by atoms with van der Waals surface area (Å²) in [6.07, 6.45) is 18.2. The van der Waals surface area contributed by atoms with Crippen LogP contribution in [0, 0.1) is 11.8 Å². The van der Waals surface area contributed by atoms with Crippen molar-refractivity contribution in [3.8, 4) is 22.3 Å². The molecule has 60 heavy (non-hydrogen) atoms. The molecule has 2 aliphatic rings. The Morgan fingerprint density at radius 2 is 0.917 bits per heavy atom. The zero-order chi connectivity index (χ0) is 41.3. The molecule has 0 radical (unpaired) electrons. The van der Waals surface area contributed by atoms with Crippen LogP contribution >= 0.6 is 0 Å². The zero-order valence-corrected chi connectivity index (χ0v) is 45.2. The van der Waals surface area contributed by atoms with Crippen molar-refractivity contribution in [3.05, 3.63) is 120 Å². The predicted octanol–water partition coefficient (Wildman–Crippen LogP) is 9.36. The molecule has 0 spiro atoms. The van der Waals surface area contributed by atoms with Crippen molar-refractivity contribution in [2.75, 3.05) is 0 Å². The summed E-state index contributed by atoms with van der Waals surface area (Å²) in [5.41, 5.74) is 8.77. The van der Waals surface area contributed by atoms with Crippen molar-refractivity contribution in [1.82, 2.24) is 0 Å². The van der Waals surface area contributed by atoms with Gasteiger partial charge in [-0.05, 0) is 35.8 Å². The quantitative estimate of drug-likeness (QED) is 0.0950. The summed E-state index contributed by atoms with van der Waals surface area (Å²) in [7, 11) is -2.46. The van der Waals surface area contributed by atoms with E-state index in [0.29, 0.717) is 0 Å². The molecule has 2 fully saturated rings. The van der Waals surface area contributed by atoms with Crippen LogP contribution in [0.2, 0.25) is 51.9 Å². The molecule has 0 heterocycles. The van der Waals surface area contributed by atoms with E-state index >= 15 is 0 Å². The first-order valence-electron chi connectivity index (χ1n) is 22.9. The number of rotatable bonds is 10. The molecule has 6 heteroatoms. The number of halogens is 2. The van der Waals surface area contributed by atoms with E-state index in [2.05, 4.69) is 162 Å². The summed E-state index contributed by atoms with van der Waals surface area (Å²) in [6, 6.07) is 43.6. The van der Waals surface area contributed by atoms with Gasteiger partial charge in [-0.25, -0.2) is 0 Å². The predicted molar refractivity (Wildman–Crippen MR) is 263 cm³/mol. The average Bonchev–Trinajstić information content (AvgIpc) is 3.82. The molecule has 0 amide bonds. The molecule has 0 saturated heterocycles. The van der Waals surface area contributed by atoms with Crippen LogP contribution in [0.3, 0.4) is 0 Å². The molecule has 2 saturated carbocycles. The van der Waals surface area contributed by atoms with Gasteiger partial charge in [0.15, 0.2) is 0 Å². The second-order valence-electron chi connectivity index (χ2n) is 19.9. The number of benzene rings is 4. The molecule has 2 aliphatic carbocycles. The molecule has 320 valence electrons. The summed E-state index contributed by atoms with van der Waals surface area (Å²) in [5, 5.41) is 8.74. The van der Waals surface area contributed by atoms with E-state index in [1.165, 1.54) is 155 Å².